The van der Waals surface area contributed by atoms with Crippen LogP contribution in [0.15, 0.2) is 91.0 Å². The van der Waals surface area contributed by atoms with Crippen molar-refractivity contribution < 1.29 is 27.4 Å². The molecule has 238 valence electrons. The number of hydrogen-bond donors (Lipinski definition) is 0. The molecule has 5 nitrogen and oxygen atoms in total. The molecule has 5 rings (SSSR count). The Kier molecular flexibility index (Phi) is 9.74. The summed E-state index contributed by atoms with van der Waals surface area (Å²) >= 11 is 7.56. The van der Waals surface area contributed by atoms with Crippen LogP contribution in [-0.4, -0.2) is 17.5 Å². The van der Waals surface area contributed by atoms with Gasteiger partial charge in [0.15, 0.2) is 16.6 Å². The van der Waals surface area contributed by atoms with Crippen LogP contribution in [0.2, 0.25) is 5.02 Å². The molecule has 5 aromatic rings. The Balaban J connectivity index is 1.42. The van der Waals surface area contributed by atoms with Crippen LogP contribution in [0.3, 0.4) is 0 Å². The highest BCUT2D eigenvalue weighted by Crippen LogP contribution is 2.41. The summed E-state index contributed by atoms with van der Waals surface area (Å²) in [6, 6.07) is 23.6. The van der Waals surface area contributed by atoms with E-state index >= 15 is 0 Å². The molecule has 1 aromatic heterocycles. The molecule has 0 saturated heterocycles. The highest BCUT2D eigenvalue weighted by molar-refractivity contribution is 7.22. The summed E-state index contributed by atoms with van der Waals surface area (Å²) in [6.45, 7) is 9.07. The second kappa shape index (κ2) is 13.6. The zero-order valence-electron chi connectivity index (χ0n) is 25.7. The molecule has 0 unspecified atom stereocenters. The number of benzene rings is 4. The van der Waals surface area contributed by atoms with Crippen molar-refractivity contribution in [1.29, 1.82) is 0 Å². The quantitative estimate of drug-likeness (QED) is 0.147. The van der Waals surface area contributed by atoms with Crippen LogP contribution < -0.4 is 14.4 Å². The molecule has 0 aliphatic heterocycles. The van der Waals surface area contributed by atoms with Gasteiger partial charge in [-0.05, 0) is 77.6 Å². The van der Waals surface area contributed by atoms with Crippen molar-refractivity contribution in [1.82, 2.24) is 4.98 Å². The minimum Gasteiger partial charge on any atom is -0.490 e. The van der Waals surface area contributed by atoms with Gasteiger partial charge in [0.25, 0.3) is 5.91 Å². The monoisotopic (exact) mass is 664 g/mol. The number of hydrogen-bond acceptors (Lipinski definition) is 5. The van der Waals surface area contributed by atoms with Crippen molar-refractivity contribution in [2.45, 2.75) is 45.9 Å². The topological polar surface area (TPSA) is 51.7 Å². The van der Waals surface area contributed by atoms with E-state index < -0.39 is 17.6 Å². The Morgan fingerprint density at radius 3 is 2.30 bits per heavy atom. The predicted octanol–water partition coefficient (Wildman–Crippen LogP) is 10.6. The van der Waals surface area contributed by atoms with Gasteiger partial charge in [-0.1, -0.05) is 86.2 Å². The molecule has 46 heavy (non-hydrogen) atoms. The number of alkyl halides is 3. The third-order valence-electron chi connectivity index (χ3n) is 7.11. The number of amides is 1. The van der Waals surface area contributed by atoms with Crippen LogP contribution >= 0.6 is 22.9 Å². The summed E-state index contributed by atoms with van der Waals surface area (Å²) in [7, 11) is 0. The summed E-state index contributed by atoms with van der Waals surface area (Å²) in [6.07, 6.45) is -1.81. The van der Waals surface area contributed by atoms with Crippen molar-refractivity contribution >= 4 is 56.0 Å². The second-order valence-electron chi connectivity index (χ2n) is 11.5. The lowest BCUT2D eigenvalue weighted by molar-refractivity contribution is -0.137. The predicted molar refractivity (Wildman–Crippen MR) is 179 cm³/mol. The molecule has 10 heteroatoms. The number of halogens is 4. The molecule has 0 aliphatic rings. The van der Waals surface area contributed by atoms with Crippen LogP contribution in [0.5, 0.6) is 11.5 Å². The first-order chi connectivity index (χ1) is 21.8. The molecule has 0 aliphatic carbocycles. The molecule has 4 aromatic carbocycles. The number of aromatic nitrogens is 1. The lowest BCUT2D eigenvalue weighted by Crippen LogP contribution is -2.24. The number of thiazole rings is 1. The van der Waals surface area contributed by atoms with E-state index in [2.05, 4.69) is 37.9 Å². The lowest BCUT2D eigenvalue weighted by Gasteiger charge is -2.21. The normalized spacial score (nSPS) is 12.1. The Morgan fingerprint density at radius 2 is 1.63 bits per heavy atom. The average Bonchev–Trinajstić information content (AvgIpc) is 3.43. The molecule has 1 amide bonds. The fraction of sp³-hybridized carbons (Fsp3) is 0.222. The number of fused-ring (bicyclic) bond motifs is 1. The first-order valence-electron chi connectivity index (χ1n) is 14.6. The van der Waals surface area contributed by atoms with Gasteiger partial charge in [0.1, 0.15) is 6.61 Å². The summed E-state index contributed by atoms with van der Waals surface area (Å²) in [5.74, 6) is 0.404. The summed E-state index contributed by atoms with van der Waals surface area (Å²) in [5, 5.41) is 0.161. The molecular formula is C36H32ClF3N2O3S. The Hall–Kier alpha value is -4.34. The minimum atomic E-state index is -4.63. The van der Waals surface area contributed by atoms with Crippen molar-refractivity contribution in [2.75, 3.05) is 11.5 Å². The molecule has 0 saturated carbocycles. The Morgan fingerprint density at radius 1 is 0.913 bits per heavy atom. The smallest absolute Gasteiger partial charge is 0.416 e. The van der Waals surface area contributed by atoms with Crippen molar-refractivity contribution in [3.63, 3.8) is 0 Å². The average molecular weight is 665 g/mol. The van der Waals surface area contributed by atoms with E-state index in [-0.39, 0.29) is 21.3 Å². The van der Waals surface area contributed by atoms with E-state index in [1.54, 1.807) is 36.4 Å². The molecule has 0 spiro atoms. The van der Waals surface area contributed by atoms with E-state index in [0.29, 0.717) is 35.8 Å². The van der Waals surface area contributed by atoms with Gasteiger partial charge in [-0.3, -0.25) is 9.69 Å². The van der Waals surface area contributed by atoms with Crippen LogP contribution in [0, 0.1) is 0 Å². The van der Waals surface area contributed by atoms with Gasteiger partial charge in [-0.2, -0.15) is 13.2 Å². The fourth-order valence-corrected chi connectivity index (χ4v) is 5.84. The van der Waals surface area contributed by atoms with Gasteiger partial charge in [0, 0.05) is 6.08 Å². The van der Waals surface area contributed by atoms with Crippen LogP contribution in [0.25, 0.3) is 16.3 Å². The van der Waals surface area contributed by atoms with Crippen molar-refractivity contribution in [3.05, 3.63) is 118 Å². The molecule has 1 heterocycles. The van der Waals surface area contributed by atoms with Gasteiger partial charge in [0.2, 0.25) is 0 Å². The van der Waals surface area contributed by atoms with Crippen LogP contribution in [0.4, 0.5) is 24.0 Å². The van der Waals surface area contributed by atoms with Gasteiger partial charge < -0.3 is 9.47 Å². The number of nitrogens with zero attached hydrogens (tertiary/aromatic N) is 2. The number of ether oxygens (including phenoxy) is 2. The first kappa shape index (κ1) is 33.0. The first-order valence-corrected chi connectivity index (χ1v) is 15.8. The highest BCUT2D eigenvalue weighted by atomic mass is 35.5. The molecule has 0 atom stereocenters. The number of carbonyl (C=O) groups is 1. The summed E-state index contributed by atoms with van der Waals surface area (Å²) in [4.78, 5) is 19.4. The van der Waals surface area contributed by atoms with E-state index in [1.807, 2.05) is 31.2 Å². The van der Waals surface area contributed by atoms with Crippen molar-refractivity contribution in [2.24, 2.45) is 0 Å². The fourth-order valence-electron chi connectivity index (χ4n) is 4.65. The lowest BCUT2D eigenvalue weighted by atomic mass is 9.87. The molecule has 0 fully saturated rings. The van der Waals surface area contributed by atoms with E-state index in [9.17, 15) is 18.0 Å². The van der Waals surface area contributed by atoms with E-state index in [1.165, 1.54) is 23.0 Å². The van der Waals surface area contributed by atoms with Gasteiger partial charge in [0.05, 0.1) is 33.1 Å². The number of para-hydroxylation sites is 1. The number of anilines is 2. The third-order valence-corrected chi connectivity index (χ3v) is 8.45. The SMILES string of the molecule is CCOc1cc(/C=C/C(=O)N(c2nc3ccccc3s2)c2cc(C(F)(F)F)ccc2Cl)ccc1OCc1ccc(C(C)(C)C)cc1. The van der Waals surface area contributed by atoms with Gasteiger partial charge in [-0.15, -0.1) is 0 Å². The molecule has 0 N–H and O–H groups in total. The summed E-state index contributed by atoms with van der Waals surface area (Å²) in [5.41, 5.74) is 2.46. The maximum Gasteiger partial charge on any atom is 0.416 e. The Bertz CT molecular complexity index is 1850. The Labute approximate surface area is 274 Å². The minimum absolute atomic E-state index is 0.0258. The van der Waals surface area contributed by atoms with Gasteiger partial charge >= 0.3 is 6.18 Å². The van der Waals surface area contributed by atoms with Crippen molar-refractivity contribution in [3.8, 4) is 11.5 Å². The number of carbonyl (C=O) groups excluding carboxylic acids is 1. The zero-order valence-corrected chi connectivity index (χ0v) is 27.3. The third kappa shape index (κ3) is 7.71. The van der Waals surface area contributed by atoms with Crippen LogP contribution in [-0.2, 0) is 23.0 Å². The van der Waals surface area contributed by atoms with E-state index in [0.717, 1.165) is 33.4 Å². The maximum absolute atomic E-state index is 13.7. The largest absolute Gasteiger partial charge is 0.490 e. The standard InChI is InChI=1S/C36H32ClF3N2O3S/c1-5-44-31-20-23(12-18-30(31)45-22-24-10-14-25(15-11-24)35(2,3)4)13-19-33(43)42(34-41-28-8-6-7-9-32(28)46-34)29-21-26(36(38,39)40)16-17-27(29)37/h6-21H,5,22H2,1-4H3/b19-13+. The molecule has 0 radical (unpaired) electrons. The molecule has 0 bridgehead atoms. The highest BCUT2D eigenvalue weighted by Gasteiger charge is 2.33. The maximum atomic E-state index is 13.7. The number of rotatable bonds is 9. The van der Waals surface area contributed by atoms with Crippen LogP contribution in [0.1, 0.15) is 49.9 Å². The zero-order chi connectivity index (χ0) is 33.1. The van der Waals surface area contributed by atoms with E-state index in [4.69, 9.17) is 21.1 Å². The van der Waals surface area contributed by atoms with Gasteiger partial charge in [-0.25, -0.2) is 4.98 Å². The molecular weight excluding hydrogens is 633 g/mol. The summed E-state index contributed by atoms with van der Waals surface area (Å²) < 4.78 is 53.6. The second-order valence-corrected chi connectivity index (χ2v) is 12.9.